The van der Waals surface area contributed by atoms with Gasteiger partial charge >= 0.3 is 5.97 Å². The number of hydrogen-bond donors (Lipinski definition) is 0. The Hall–Kier alpha value is -1.69. The SMILES string of the molecule is CCOC(=O)C(C)c1c(C)nn(-c2ccc(Br)cn2)c1C. The zero-order chi connectivity index (χ0) is 15.6. The molecule has 2 heterocycles. The van der Waals surface area contributed by atoms with Crippen LogP contribution in [0.15, 0.2) is 22.8 Å². The maximum atomic E-state index is 12.0. The fourth-order valence-electron chi connectivity index (χ4n) is 2.38. The number of rotatable bonds is 4. The lowest BCUT2D eigenvalue weighted by molar-refractivity contribution is -0.144. The van der Waals surface area contributed by atoms with Gasteiger partial charge in [0.1, 0.15) is 0 Å². The summed E-state index contributed by atoms with van der Waals surface area (Å²) in [4.78, 5) is 16.3. The first-order valence-electron chi connectivity index (χ1n) is 6.80. The van der Waals surface area contributed by atoms with Gasteiger partial charge in [-0.2, -0.15) is 5.10 Å². The van der Waals surface area contributed by atoms with Crippen LogP contribution in [0.25, 0.3) is 5.82 Å². The number of carbonyl (C=O) groups is 1. The number of esters is 1. The molecule has 21 heavy (non-hydrogen) atoms. The third-order valence-electron chi connectivity index (χ3n) is 3.35. The first kappa shape index (κ1) is 15.7. The van der Waals surface area contributed by atoms with Gasteiger partial charge in [0.2, 0.25) is 0 Å². The van der Waals surface area contributed by atoms with E-state index in [-0.39, 0.29) is 11.9 Å². The van der Waals surface area contributed by atoms with E-state index >= 15 is 0 Å². The number of aryl methyl sites for hydroxylation is 1. The van der Waals surface area contributed by atoms with Gasteiger partial charge in [-0.25, -0.2) is 9.67 Å². The van der Waals surface area contributed by atoms with Crippen LogP contribution in [-0.4, -0.2) is 27.3 Å². The second kappa shape index (κ2) is 6.39. The highest BCUT2D eigenvalue weighted by Crippen LogP contribution is 2.26. The normalized spacial score (nSPS) is 12.2. The minimum Gasteiger partial charge on any atom is -0.466 e. The van der Waals surface area contributed by atoms with Gasteiger partial charge in [0.05, 0.1) is 18.2 Å². The fourth-order valence-corrected chi connectivity index (χ4v) is 2.62. The van der Waals surface area contributed by atoms with E-state index in [1.54, 1.807) is 17.8 Å². The minimum atomic E-state index is -0.339. The molecule has 2 rings (SSSR count). The van der Waals surface area contributed by atoms with Gasteiger partial charge in [-0.1, -0.05) is 0 Å². The molecular weight excluding hydrogens is 334 g/mol. The highest BCUT2D eigenvalue weighted by Gasteiger charge is 2.24. The summed E-state index contributed by atoms with van der Waals surface area (Å²) in [6.07, 6.45) is 1.72. The van der Waals surface area contributed by atoms with Crippen LogP contribution in [0.2, 0.25) is 0 Å². The van der Waals surface area contributed by atoms with Gasteiger partial charge in [-0.05, 0) is 55.8 Å². The maximum absolute atomic E-state index is 12.0. The second-order valence-electron chi connectivity index (χ2n) is 4.80. The molecule has 0 N–H and O–H groups in total. The molecular formula is C15H18BrN3O2. The lowest BCUT2D eigenvalue weighted by atomic mass is 9.99. The van der Waals surface area contributed by atoms with Gasteiger partial charge in [-0.3, -0.25) is 4.79 Å². The summed E-state index contributed by atoms with van der Waals surface area (Å²) >= 11 is 3.36. The third-order valence-corrected chi connectivity index (χ3v) is 3.82. The van der Waals surface area contributed by atoms with Crippen LogP contribution in [-0.2, 0) is 9.53 Å². The predicted molar refractivity (Wildman–Crippen MR) is 83.6 cm³/mol. The summed E-state index contributed by atoms with van der Waals surface area (Å²) in [7, 11) is 0. The molecule has 0 spiro atoms. The van der Waals surface area contributed by atoms with Crippen LogP contribution in [0, 0.1) is 13.8 Å². The van der Waals surface area contributed by atoms with Gasteiger partial charge in [-0.15, -0.1) is 0 Å². The van der Waals surface area contributed by atoms with Crippen LogP contribution >= 0.6 is 15.9 Å². The average molecular weight is 352 g/mol. The molecule has 0 aromatic carbocycles. The molecule has 0 fully saturated rings. The Bertz CT molecular complexity index is 650. The minimum absolute atomic E-state index is 0.230. The molecule has 1 atom stereocenters. The van der Waals surface area contributed by atoms with E-state index in [2.05, 4.69) is 26.0 Å². The van der Waals surface area contributed by atoms with Crippen molar-refractivity contribution in [2.75, 3.05) is 6.61 Å². The summed E-state index contributed by atoms with van der Waals surface area (Å²) in [6.45, 7) is 7.86. The van der Waals surface area contributed by atoms with Gasteiger partial charge in [0.15, 0.2) is 5.82 Å². The Labute approximate surface area is 132 Å². The van der Waals surface area contributed by atoms with Crippen molar-refractivity contribution in [1.29, 1.82) is 0 Å². The van der Waals surface area contributed by atoms with E-state index < -0.39 is 0 Å². The summed E-state index contributed by atoms with van der Waals surface area (Å²) < 4.78 is 7.77. The summed E-state index contributed by atoms with van der Waals surface area (Å²) in [5.74, 6) is 0.155. The molecule has 2 aromatic heterocycles. The molecule has 112 valence electrons. The van der Waals surface area contributed by atoms with Crippen LogP contribution < -0.4 is 0 Å². The Kier molecular flexibility index (Phi) is 4.77. The smallest absolute Gasteiger partial charge is 0.313 e. The highest BCUT2D eigenvalue weighted by atomic mass is 79.9. The number of pyridine rings is 1. The van der Waals surface area contributed by atoms with Crippen molar-refractivity contribution in [3.63, 3.8) is 0 Å². The first-order valence-corrected chi connectivity index (χ1v) is 7.59. The number of carbonyl (C=O) groups excluding carboxylic acids is 1. The van der Waals surface area contributed by atoms with E-state index in [1.165, 1.54) is 0 Å². The van der Waals surface area contributed by atoms with E-state index in [9.17, 15) is 4.79 Å². The fraction of sp³-hybridized carbons (Fsp3) is 0.400. The maximum Gasteiger partial charge on any atom is 0.313 e. The number of aromatic nitrogens is 3. The molecule has 0 aliphatic heterocycles. The van der Waals surface area contributed by atoms with Crippen molar-refractivity contribution in [3.05, 3.63) is 39.8 Å². The van der Waals surface area contributed by atoms with Gasteiger partial charge in [0, 0.05) is 21.9 Å². The number of hydrogen-bond acceptors (Lipinski definition) is 4. The quantitative estimate of drug-likeness (QED) is 0.793. The number of ether oxygens (including phenoxy) is 1. The summed E-state index contributed by atoms with van der Waals surface area (Å²) in [5, 5.41) is 4.50. The van der Waals surface area contributed by atoms with E-state index in [1.807, 2.05) is 32.9 Å². The zero-order valence-corrected chi connectivity index (χ0v) is 14.1. The monoisotopic (exact) mass is 351 g/mol. The first-order chi connectivity index (χ1) is 9.95. The topological polar surface area (TPSA) is 57.0 Å². The van der Waals surface area contributed by atoms with Gasteiger partial charge < -0.3 is 4.74 Å². The Morgan fingerprint density at radius 3 is 2.71 bits per heavy atom. The van der Waals surface area contributed by atoms with Crippen molar-refractivity contribution in [2.24, 2.45) is 0 Å². The predicted octanol–water partition coefficient (Wildman–Crippen LogP) is 3.31. The molecule has 0 saturated heterocycles. The lowest BCUT2D eigenvalue weighted by Gasteiger charge is -2.11. The molecule has 6 heteroatoms. The van der Waals surface area contributed by atoms with Crippen LogP contribution in [0.5, 0.6) is 0 Å². The van der Waals surface area contributed by atoms with Crippen molar-refractivity contribution in [3.8, 4) is 5.82 Å². The average Bonchev–Trinajstić information content (AvgIpc) is 2.74. The van der Waals surface area contributed by atoms with E-state index in [4.69, 9.17) is 4.74 Å². The molecule has 0 aliphatic rings. The molecule has 5 nitrogen and oxygen atoms in total. The lowest BCUT2D eigenvalue weighted by Crippen LogP contribution is -2.14. The Morgan fingerprint density at radius 1 is 1.43 bits per heavy atom. The molecule has 2 aromatic rings. The molecule has 0 radical (unpaired) electrons. The van der Waals surface area contributed by atoms with Crippen molar-refractivity contribution >= 4 is 21.9 Å². The highest BCUT2D eigenvalue weighted by molar-refractivity contribution is 9.10. The van der Waals surface area contributed by atoms with Crippen LogP contribution in [0.3, 0.4) is 0 Å². The molecule has 1 unspecified atom stereocenters. The third kappa shape index (κ3) is 3.15. The Balaban J connectivity index is 2.42. The molecule has 0 aliphatic carbocycles. The molecule has 0 saturated carbocycles. The van der Waals surface area contributed by atoms with Crippen molar-refractivity contribution in [2.45, 2.75) is 33.6 Å². The van der Waals surface area contributed by atoms with Crippen molar-refractivity contribution < 1.29 is 9.53 Å². The van der Waals surface area contributed by atoms with Crippen molar-refractivity contribution in [1.82, 2.24) is 14.8 Å². The summed E-state index contributed by atoms with van der Waals surface area (Å²) in [6, 6.07) is 3.79. The summed E-state index contributed by atoms with van der Waals surface area (Å²) in [5.41, 5.74) is 2.62. The Morgan fingerprint density at radius 2 is 2.14 bits per heavy atom. The standard InChI is InChI=1S/C15H18BrN3O2/c1-5-21-15(20)9(2)14-10(3)18-19(11(14)4)13-7-6-12(16)8-17-13/h6-9H,5H2,1-4H3. The van der Waals surface area contributed by atoms with Gasteiger partial charge in [0.25, 0.3) is 0 Å². The van der Waals surface area contributed by atoms with Crippen LogP contribution in [0.1, 0.15) is 36.7 Å². The molecule has 0 amide bonds. The van der Waals surface area contributed by atoms with Crippen LogP contribution in [0.4, 0.5) is 0 Å². The molecule has 0 bridgehead atoms. The number of nitrogens with zero attached hydrogens (tertiary/aromatic N) is 3. The number of halogens is 1. The second-order valence-corrected chi connectivity index (χ2v) is 5.72. The largest absolute Gasteiger partial charge is 0.466 e. The zero-order valence-electron chi connectivity index (χ0n) is 12.6. The van der Waals surface area contributed by atoms with E-state index in [0.717, 1.165) is 27.2 Å². The van der Waals surface area contributed by atoms with E-state index in [0.29, 0.717) is 6.61 Å².